The van der Waals surface area contributed by atoms with Gasteiger partial charge in [0.25, 0.3) is 0 Å². The van der Waals surface area contributed by atoms with Crippen LogP contribution in [-0.4, -0.2) is 20.2 Å². The summed E-state index contributed by atoms with van der Waals surface area (Å²) in [5.41, 5.74) is 2.42. The first-order chi connectivity index (χ1) is 6.79. The standard InChI is InChI=1S/C11H12BrNO.ClH/c1-13-6-8-4-9-5-10(12)2-3-11(9)14-7-8;/h2-5,13H,6-7H2,1H3;1H. The van der Waals surface area contributed by atoms with Gasteiger partial charge in [0.2, 0.25) is 0 Å². The number of benzene rings is 1. The second-order valence-electron chi connectivity index (χ2n) is 3.30. The van der Waals surface area contributed by atoms with Crippen LogP contribution in [0, 0.1) is 0 Å². The molecule has 1 aromatic carbocycles. The van der Waals surface area contributed by atoms with E-state index in [1.54, 1.807) is 0 Å². The molecule has 15 heavy (non-hydrogen) atoms. The minimum absolute atomic E-state index is 0. The van der Waals surface area contributed by atoms with E-state index in [0.717, 1.165) is 22.3 Å². The summed E-state index contributed by atoms with van der Waals surface area (Å²) < 4.78 is 6.70. The van der Waals surface area contributed by atoms with E-state index in [1.807, 2.05) is 19.2 Å². The molecule has 1 heterocycles. The van der Waals surface area contributed by atoms with Gasteiger partial charge in [-0.1, -0.05) is 15.9 Å². The number of hydrogen-bond acceptors (Lipinski definition) is 2. The Kier molecular flexibility index (Phi) is 4.64. The van der Waals surface area contributed by atoms with Crippen LogP contribution in [0.3, 0.4) is 0 Å². The molecule has 82 valence electrons. The summed E-state index contributed by atoms with van der Waals surface area (Å²) in [6, 6.07) is 6.06. The third-order valence-electron chi connectivity index (χ3n) is 2.15. The lowest BCUT2D eigenvalue weighted by Crippen LogP contribution is -2.17. The molecule has 0 spiro atoms. The Balaban J connectivity index is 0.00000112. The van der Waals surface area contributed by atoms with E-state index in [9.17, 15) is 0 Å². The molecule has 0 saturated carbocycles. The molecule has 1 N–H and O–H groups in total. The Morgan fingerprint density at radius 3 is 3.00 bits per heavy atom. The molecule has 0 fully saturated rings. The van der Waals surface area contributed by atoms with E-state index >= 15 is 0 Å². The van der Waals surface area contributed by atoms with Crippen molar-refractivity contribution >= 4 is 34.4 Å². The number of likely N-dealkylation sites (N-methyl/N-ethyl adjacent to an activating group) is 1. The van der Waals surface area contributed by atoms with Crippen LogP contribution in [0.5, 0.6) is 5.75 Å². The average Bonchev–Trinajstić information content (AvgIpc) is 2.17. The molecule has 0 saturated heterocycles. The SMILES string of the molecule is CNCC1=Cc2cc(Br)ccc2OC1.Cl. The molecule has 4 heteroatoms. The van der Waals surface area contributed by atoms with Crippen molar-refractivity contribution in [3.63, 3.8) is 0 Å². The van der Waals surface area contributed by atoms with Gasteiger partial charge in [-0.05, 0) is 36.9 Å². The highest BCUT2D eigenvalue weighted by Gasteiger charge is 2.10. The molecule has 0 aromatic heterocycles. The maximum Gasteiger partial charge on any atom is 0.127 e. The van der Waals surface area contributed by atoms with Crippen LogP contribution in [0.1, 0.15) is 5.56 Å². The average molecular weight is 291 g/mol. The molecule has 2 rings (SSSR count). The first-order valence-corrected chi connectivity index (χ1v) is 5.35. The van der Waals surface area contributed by atoms with Gasteiger partial charge in [-0.2, -0.15) is 0 Å². The van der Waals surface area contributed by atoms with Gasteiger partial charge in [0.15, 0.2) is 0 Å². The molecule has 1 aromatic rings. The lowest BCUT2D eigenvalue weighted by Gasteiger charge is -2.17. The minimum atomic E-state index is 0. The summed E-state index contributed by atoms with van der Waals surface area (Å²) in [4.78, 5) is 0. The zero-order chi connectivity index (χ0) is 9.97. The summed E-state index contributed by atoms with van der Waals surface area (Å²) in [7, 11) is 1.94. The predicted molar refractivity (Wildman–Crippen MR) is 68.8 cm³/mol. The highest BCUT2D eigenvalue weighted by Crippen LogP contribution is 2.28. The summed E-state index contributed by atoms with van der Waals surface area (Å²) in [5, 5.41) is 3.12. The molecule has 0 bridgehead atoms. The molecule has 1 aliphatic heterocycles. The van der Waals surface area contributed by atoms with Crippen LogP contribution in [0.25, 0.3) is 6.08 Å². The normalized spacial score (nSPS) is 13.3. The minimum Gasteiger partial charge on any atom is -0.489 e. The van der Waals surface area contributed by atoms with Gasteiger partial charge in [0.1, 0.15) is 12.4 Å². The molecule has 0 atom stereocenters. The second-order valence-corrected chi connectivity index (χ2v) is 4.22. The number of rotatable bonds is 2. The Hall–Kier alpha value is -0.510. The van der Waals surface area contributed by atoms with Gasteiger partial charge >= 0.3 is 0 Å². The largest absolute Gasteiger partial charge is 0.489 e. The third-order valence-corrected chi connectivity index (χ3v) is 2.64. The van der Waals surface area contributed by atoms with Crippen molar-refractivity contribution in [1.82, 2.24) is 5.32 Å². The topological polar surface area (TPSA) is 21.3 Å². The highest BCUT2D eigenvalue weighted by molar-refractivity contribution is 9.10. The van der Waals surface area contributed by atoms with Crippen LogP contribution in [0.2, 0.25) is 0 Å². The quantitative estimate of drug-likeness (QED) is 0.904. The van der Waals surface area contributed by atoms with Crippen LogP contribution >= 0.6 is 28.3 Å². The third kappa shape index (κ3) is 2.97. The van der Waals surface area contributed by atoms with E-state index in [1.165, 1.54) is 5.57 Å². The van der Waals surface area contributed by atoms with Gasteiger partial charge < -0.3 is 10.1 Å². The van der Waals surface area contributed by atoms with Gasteiger partial charge in [0.05, 0.1) is 0 Å². The lowest BCUT2D eigenvalue weighted by molar-refractivity contribution is 0.344. The molecule has 0 radical (unpaired) electrons. The molecular weight excluding hydrogens is 277 g/mol. The summed E-state index contributed by atoms with van der Waals surface area (Å²) >= 11 is 3.45. The molecular formula is C11H13BrClNO. The molecule has 0 unspecified atom stereocenters. The smallest absolute Gasteiger partial charge is 0.127 e. The lowest BCUT2D eigenvalue weighted by atomic mass is 10.1. The summed E-state index contributed by atoms with van der Waals surface area (Å²) in [6.07, 6.45) is 2.18. The van der Waals surface area contributed by atoms with E-state index < -0.39 is 0 Å². The number of halogens is 2. The maximum atomic E-state index is 5.61. The van der Waals surface area contributed by atoms with Gasteiger partial charge in [-0.15, -0.1) is 12.4 Å². The zero-order valence-electron chi connectivity index (χ0n) is 8.42. The fourth-order valence-corrected chi connectivity index (χ4v) is 1.90. The predicted octanol–water partition coefficient (Wildman–Crippen LogP) is 2.87. The van der Waals surface area contributed by atoms with Crippen LogP contribution in [0.4, 0.5) is 0 Å². The van der Waals surface area contributed by atoms with Crippen molar-refractivity contribution in [3.05, 3.63) is 33.8 Å². The Morgan fingerprint density at radius 2 is 2.27 bits per heavy atom. The number of fused-ring (bicyclic) bond motifs is 1. The first kappa shape index (κ1) is 12.6. The zero-order valence-corrected chi connectivity index (χ0v) is 10.8. The van der Waals surface area contributed by atoms with E-state index in [4.69, 9.17) is 4.74 Å². The Bertz CT molecular complexity index is 379. The van der Waals surface area contributed by atoms with Crippen LogP contribution in [-0.2, 0) is 0 Å². The van der Waals surface area contributed by atoms with Crippen molar-refractivity contribution < 1.29 is 4.74 Å². The van der Waals surface area contributed by atoms with E-state index in [2.05, 4.69) is 33.4 Å². The summed E-state index contributed by atoms with van der Waals surface area (Å²) in [5.74, 6) is 0.966. The summed E-state index contributed by atoms with van der Waals surface area (Å²) in [6.45, 7) is 1.57. The van der Waals surface area contributed by atoms with Crippen LogP contribution < -0.4 is 10.1 Å². The van der Waals surface area contributed by atoms with E-state index in [-0.39, 0.29) is 12.4 Å². The number of hydrogen-bond donors (Lipinski definition) is 1. The number of ether oxygens (including phenoxy) is 1. The molecule has 1 aliphatic rings. The van der Waals surface area contributed by atoms with Crippen molar-refractivity contribution in [2.45, 2.75) is 0 Å². The Morgan fingerprint density at radius 1 is 1.47 bits per heavy atom. The molecule has 0 aliphatic carbocycles. The van der Waals surface area contributed by atoms with Crippen LogP contribution in [0.15, 0.2) is 28.2 Å². The first-order valence-electron chi connectivity index (χ1n) is 4.56. The monoisotopic (exact) mass is 289 g/mol. The molecule has 0 amide bonds. The van der Waals surface area contributed by atoms with Gasteiger partial charge in [-0.25, -0.2) is 0 Å². The van der Waals surface area contributed by atoms with Crippen molar-refractivity contribution in [2.24, 2.45) is 0 Å². The number of nitrogens with one attached hydrogen (secondary N) is 1. The highest BCUT2D eigenvalue weighted by atomic mass is 79.9. The maximum absolute atomic E-state index is 5.61. The van der Waals surface area contributed by atoms with Crippen molar-refractivity contribution in [2.75, 3.05) is 20.2 Å². The Labute approximate surface area is 104 Å². The van der Waals surface area contributed by atoms with Crippen molar-refractivity contribution in [1.29, 1.82) is 0 Å². The fourth-order valence-electron chi connectivity index (χ4n) is 1.52. The molecule has 2 nitrogen and oxygen atoms in total. The van der Waals surface area contributed by atoms with Gasteiger partial charge in [-0.3, -0.25) is 0 Å². The van der Waals surface area contributed by atoms with Crippen molar-refractivity contribution in [3.8, 4) is 5.75 Å². The second kappa shape index (κ2) is 5.54. The van der Waals surface area contributed by atoms with E-state index in [0.29, 0.717) is 6.61 Å². The van der Waals surface area contributed by atoms with Gasteiger partial charge in [0, 0.05) is 16.6 Å². The fraction of sp³-hybridized carbons (Fsp3) is 0.273.